The number of halogens is 9. The van der Waals surface area contributed by atoms with Gasteiger partial charge in [0.25, 0.3) is 0 Å². The Bertz CT molecular complexity index is 1150. The van der Waals surface area contributed by atoms with Crippen LogP contribution in [0.3, 0.4) is 0 Å². The number of carbonyl (C=O) groups excluding carboxylic acids is 1. The summed E-state index contributed by atoms with van der Waals surface area (Å²) in [6.07, 6.45) is -15.3. The van der Waals surface area contributed by atoms with Gasteiger partial charge in [-0.05, 0) is 24.6 Å². The van der Waals surface area contributed by atoms with E-state index in [4.69, 9.17) is 9.47 Å². The molecule has 0 radical (unpaired) electrons. The van der Waals surface area contributed by atoms with Crippen molar-refractivity contribution >= 4 is 11.7 Å². The van der Waals surface area contributed by atoms with Gasteiger partial charge in [0.1, 0.15) is 0 Å². The minimum atomic E-state index is -5.32. The van der Waals surface area contributed by atoms with Gasteiger partial charge in [0, 0.05) is 12.6 Å². The standard InChI is InChI=1S/C21H20F9N3O3/c1-4-7-33-16(35-10-36-17(34)11(2)3)9-15(21(28,29)30)32-18(33)31-14-6-5-12(19(22,23)24)8-13(14)20(25,26)27/h5-6,8-9,11H,4,7,10H2,1-3H3. The van der Waals surface area contributed by atoms with E-state index in [1.165, 1.54) is 13.8 Å². The van der Waals surface area contributed by atoms with Crippen LogP contribution >= 0.6 is 0 Å². The molecule has 6 nitrogen and oxygen atoms in total. The fourth-order valence-electron chi connectivity index (χ4n) is 2.74. The normalized spacial score (nSPS) is 13.3. The lowest BCUT2D eigenvalue weighted by Gasteiger charge is -2.17. The Morgan fingerprint density at radius 2 is 1.64 bits per heavy atom. The van der Waals surface area contributed by atoms with Gasteiger partial charge >= 0.3 is 24.5 Å². The molecule has 0 amide bonds. The van der Waals surface area contributed by atoms with Gasteiger partial charge in [0.15, 0.2) is 5.69 Å². The summed E-state index contributed by atoms with van der Waals surface area (Å²) in [5, 5.41) is 0. The number of rotatable bonds is 7. The van der Waals surface area contributed by atoms with Crippen molar-refractivity contribution in [1.82, 2.24) is 9.55 Å². The molecule has 0 aliphatic heterocycles. The van der Waals surface area contributed by atoms with Crippen LogP contribution in [0.5, 0.6) is 5.88 Å². The monoisotopic (exact) mass is 533 g/mol. The molecule has 0 bridgehead atoms. The van der Waals surface area contributed by atoms with Crippen molar-refractivity contribution in [1.29, 1.82) is 0 Å². The van der Waals surface area contributed by atoms with Crippen LogP contribution in [0.25, 0.3) is 0 Å². The Kier molecular flexibility index (Phi) is 8.68. The molecule has 0 unspecified atom stereocenters. The molecule has 2 aromatic rings. The minimum absolute atomic E-state index is 0.153. The van der Waals surface area contributed by atoms with Crippen LogP contribution in [0, 0.1) is 5.92 Å². The predicted octanol–water partition coefficient (Wildman–Crippen LogP) is 6.12. The molecule has 1 heterocycles. The van der Waals surface area contributed by atoms with Crippen LogP contribution in [-0.4, -0.2) is 22.3 Å². The van der Waals surface area contributed by atoms with Crippen molar-refractivity contribution in [3.8, 4) is 5.88 Å². The predicted molar refractivity (Wildman–Crippen MR) is 106 cm³/mol. The van der Waals surface area contributed by atoms with Gasteiger partial charge in [-0.15, -0.1) is 0 Å². The van der Waals surface area contributed by atoms with Crippen molar-refractivity contribution in [2.24, 2.45) is 10.9 Å². The van der Waals surface area contributed by atoms with E-state index in [9.17, 15) is 44.3 Å². The van der Waals surface area contributed by atoms with Crippen molar-refractivity contribution in [3.63, 3.8) is 0 Å². The van der Waals surface area contributed by atoms with Gasteiger partial charge in [-0.1, -0.05) is 20.8 Å². The van der Waals surface area contributed by atoms with Gasteiger partial charge in [-0.2, -0.15) is 39.5 Å². The average molecular weight is 533 g/mol. The maximum atomic E-state index is 13.5. The van der Waals surface area contributed by atoms with Crippen LogP contribution in [0.1, 0.15) is 44.0 Å². The van der Waals surface area contributed by atoms with Crippen LogP contribution in [0.4, 0.5) is 45.2 Å². The Hall–Kier alpha value is -3.26. The van der Waals surface area contributed by atoms with Gasteiger partial charge in [0.05, 0.1) is 22.7 Å². The lowest BCUT2D eigenvalue weighted by atomic mass is 10.1. The summed E-state index contributed by atoms with van der Waals surface area (Å²) in [6, 6.07) is 0.943. The Balaban J connectivity index is 2.76. The second kappa shape index (κ2) is 10.8. The van der Waals surface area contributed by atoms with Crippen molar-refractivity contribution < 1.29 is 53.8 Å². The van der Waals surface area contributed by atoms with E-state index in [0.29, 0.717) is 18.2 Å². The first-order chi connectivity index (χ1) is 16.4. The molecule has 36 heavy (non-hydrogen) atoms. The number of benzene rings is 1. The summed E-state index contributed by atoms with van der Waals surface area (Å²) in [7, 11) is 0. The SMILES string of the molecule is CCCn1c(OCOC(=O)C(C)C)cc(C(F)(F)F)nc1=Nc1ccc(C(F)(F)F)cc1C(F)(F)F. The number of carbonyl (C=O) groups is 1. The summed E-state index contributed by atoms with van der Waals surface area (Å²) >= 11 is 0. The van der Waals surface area contributed by atoms with E-state index in [0.717, 1.165) is 4.57 Å². The number of hydrogen-bond acceptors (Lipinski definition) is 5. The van der Waals surface area contributed by atoms with Crippen LogP contribution in [0.15, 0.2) is 29.3 Å². The fourth-order valence-corrected chi connectivity index (χ4v) is 2.74. The van der Waals surface area contributed by atoms with E-state index >= 15 is 0 Å². The Morgan fingerprint density at radius 3 is 2.14 bits per heavy atom. The van der Waals surface area contributed by atoms with Gasteiger partial charge in [-0.25, -0.2) is 9.98 Å². The van der Waals surface area contributed by atoms with Gasteiger partial charge in [-0.3, -0.25) is 9.36 Å². The highest BCUT2D eigenvalue weighted by atomic mass is 19.4. The largest absolute Gasteiger partial charge is 0.442 e. The maximum Gasteiger partial charge on any atom is 0.433 e. The lowest BCUT2D eigenvalue weighted by Crippen LogP contribution is -2.30. The quantitative estimate of drug-likeness (QED) is 0.245. The van der Waals surface area contributed by atoms with E-state index < -0.39 is 71.2 Å². The molecular weight excluding hydrogens is 513 g/mol. The number of esters is 1. The zero-order valence-corrected chi connectivity index (χ0v) is 19.0. The zero-order chi connectivity index (χ0) is 27.5. The zero-order valence-electron chi connectivity index (χ0n) is 19.0. The maximum absolute atomic E-state index is 13.5. The fraction of sp³-hybridized carbons (Fsp3) is 0.476. The third kappa shape index (κ3) is 7.37. The molecule has 0 spiro atoms. The smallest absolute Gasteiger partial charge is 0.433 e. The average Bonchev–Trinajstić information content (AvgIpc) is 2.73. The number of aromatic nitrogens is 2. The highest BCUT2D eigenvalue weighted by molar-refractivity contribution is 5.71. The van der Waals surface area contributed by atoms with E-state index in [-0.39, 0.29) is 19.0 Å². The Morgan fingerprint density at radius 1 is 1.00 bits per heavy atom. The van der Waals surface area contributed by atoms with Gasteiger partial charge < -0.3 is 9.47 Å². The molecule has 200 valence electrons. The van der Waals surface area contributed by atoms with Crippen molar-refractivity contribution in [3.05, 3.63) is 46.7 Å². The molecular formula is C21H20F9N3O3. The molecule has 1 aromatic carbocycles. The van der Waals surface area contributed by atoms with Crippen LogP contribution < -0.4 is 10.4 Å². The molecule has 0 saturated heterocycles. The summed E-state index contributed by atoms with van der Waals surface area (Å²) in [5.41, 5.74) is -7.05. The molecule has 0 aliphatic rings. The molecule has 0 saturated carbocycles. The first-order valence-corrected chi connectivity index (χ1v) is 10.3. The van der Waals surface area contributed by atoms with Crippen molar-refractivity contribution in [2.75, 3.05) is 6.79 Å². The third-order valence-electron chi connectivity index (χ3n) is 4.45. The summed E-state index contributed by atoms with van der Waals surface area (Å²) in [4.78, 5) is 18.4. The number of nitrogens with zero attached hydrogens (tertiary/aromatic N) is 3. The third-order valence-corrected chi connectivity index (χ3v) is 4.45. The molecule has 0 N–H and O–H groups in total. The topological polar surface area (TPSA) is 65.7 Å². The molecule has 0 fully saturated rings. The highest BCUT2D eigenvalue weighted by Gasteiger charge is 2.39. The first-order valence-electron chi connectivity index (χ1n) is 10.3. The molecule has 15 heteroatoms. The van der Waals surface area contributed by atoms with E-state index in [1.807, 2.05) is 0 Å². The summed E-state index contributed by atoms with van der Waals surface area (Å²) in [5.74, 6) is -1.90. The summed E-state index contributed by atoms with van der Waals surface area (Å²) < 4.78 is 131. The second-order valence-corrected chi connectivity index (χ2v) is 7.65. The van der Waals surface area contributed by atoms with Crippen LogP contribution in [-0.2, 0) is 34.6 Å². The lowest BCUT2D eigenvalue weighted by molar-refractivity contribution is -0.154. The number of hydrogen-bond donors (Lipinski definition) is 0. The van der Waals surface area contributed by atoms with E-state index in [1.54, 1.807) is 6.92 Å². The number of ether oxygens (including phenoxy) is 2. The molecule has 1 aromatic heterocycles. The first kappa shape index (κ1) is 29.0. The molecule has 0 aliphatic carbocycles. The number of alkyl halides is 9. The summed E-state index contributed by atoms with van der Waals surface area (Å²) in [6.45, 7) is 3.59. The second-order valence-electron chi connectivity index (χ2n) is 7.65. The molecule has 0 atom stereocenters. The highest BCUT2D eigenvalue weighted by Crippen LogP contribution is 2.40. The molecule has 2 rings (SSSR count). The van der Waals surface area contributed by atoms with Gasteiger partial charge in [0.2, 0.25) is 18.3 Å². The van der Waals surface area contributed by atoms with Crippen LogP contribution in [0.2, 0.25) is 0 Å². The van der Waals surface area contributed by atoms with Crippen molar-refractivity contribution in [2.45, 2.75) is 52.3 Å². The Labute approximate surface area is 198 Å². The van der Waals surface area contributed by atoms with E-state index in [2.05, 4.69) is 9.98 Å². The minimum Gasteiger partial charge on any atom is -0.442 e.